The molecule has 2 rings (SSSR count). The van der Waals surface area contributed by atoms with E-state index >= 15 is 0 Å². The molecule has 2 aromatic rings. The summed E-state index contributed by atoms with van der Waals surface area (Å²) in [5.74, 6) is 0.846. The third kappa shape index (κ3) is 13.4. The van der Waals surface area contributed by atoms with Gasteiger partial charge in [0.1, 0.15) is 5.82 Å². The van der Waals surface area contributed by atoms with Crippen LogP contribution in [0.5, 0.6) is 0 Å². The van der Waals surface area contributed by atoms with E-state index < -0.39 is 0 Å². The molecule has 0 unspecified atom stereocenters. The fourth-order valence-electron chi connectivity index (χ4n) is 2.88. The number of rotatable bonds is 7. The van der Waals surface area contributed by atoms with Crippen molar-refractivity contribution in [1.82, 2.24) is 0 Å². The molecular formula is C28H45FOS. The second-order valence-corrected chi connectivity index (χ2v) is 7.28. The standard InChI is InChI=1S/C20H23F.C3H8O.C3H8S.C2H6/c1-4-9-20(19-13-7-6-10-15(19)3)18(5-2)16-11-8-12-17(21)14-16;2*1-2-3-4;1-2/h6-8,10-14H,4-5,9H2,1-3H3;2*4H,2-3H2,1H3;1-2H3/b20-18+;;;. The number of halogens is 1. The van der Waals surface area contributed by atoms with Crippen LogP contribution in [0.15, 0.2) is 48.5 Å². The SMILES string of the molecule is CC.CCC/C(=C(/CC)c1cccc(F)c1)c1ccccc1C.CCCO.CCCS. The van der Waals surface area contributed by atoms with E-state index in [2.05, 4.69) is 64.6 Å². The highest BCUT2D eigenvalue weighted by Gasteiger charge is 2.12. The fourth-order valence-corrected chi connectivity index (χ4v) is 2.88. The van der Waals surface area contributed by atoms with Gasteiger partial charge in [0.05, 0.1) is 0 Å². The molecule has 0 amide bonds. The van der Waals surface area contributed by atoms with E-state index in [0.29, 0.717) is 6.61 Å². The van der Waals surface area contributed by atoms with Crippen LogP contribution in [-0.4, -0.2) is 17.5 Å². The molecule has 0 aliphatic heterocycles. The number of hydrogen-bond acceptors (Lipinski definition) is 2. The van der Waals surface area contributed by atoms with Gasteiger partial charge in [0.25, 0.3) is 0 Å². The summed E-state index contributed by atoms with van der Waals surface area (Å²) in [6.07, 6.45) is 5.07. The van der Waals surface area contributed by atoms with Gasteiger partial charge in [0, 0.05) is 6.61 Å². The molecule has 0 saturated heterocycles. The minimum atomic E-state index is -0.168. The van der Waals surface area contributed by atoms with Gasteiger partial charge in [-0.15, -0.1) is 0 Å². The van der Waals surface area contributed by atoms with Crippen LogP contribution < -0.4 is 0 Å². The highest BCUT2D eigenvalue weighted by Crippen LogP contribution is 2.33. The molecule has 2 aromatic carbocycles. The Balaban J connectivity index is 0. The Morgan fingerprint density at radius 1 is 0.871 bits per heavy atom. The summed E-state index contributed by atoms with van der Waals surface area (Å²) in [6.45, 7) is 14.8. The Bertz CT molecular complexity index is 702. The molecule has 0 heterocycles. The molecule has 1 nitrogen and oxygen atoms in total. The first kappa shape index (κ1) is 31.6. The summed E-state index contributed by atoms with van der Waals surface area (Å²) in [7, 11) is 0. The van der Waals surface area contributed by atoms with Gasteiger partial charge in [-0.1, -0.05) is 84.4 Å². The van der Waals surface area contributed by atoms with Crippen molar-refractivity contribution in [2.24, 2.45) is 0 Å². The van der Waals surface area contributed by atoms with Crippen molar-refractivity contribution in [2.45, 2.75) is 80.6 Å². The van der Waals surface area contributed by atoms with Crippen LogP contribution in [-0.2, 0) is 0 Å². The Labute approximate surface area is 197 Å². The zero-order valence-corrected chi connectivity index (χ0v) is 21.7. The van der Waals surface area contributed by atoms with Crippen molar-refractivity contribution >= 4 is 23.8 Å². The first-order valence-corrected chi connectivity index (χ1v) is 12.4. The van der Waals surface area contributed by atoms with Gasteiger partial charge < -0.3 is 5.11 Å². The number of hydrogen-bond donors (Lipinski definition) is 2. The number of thiol groups is 1. The van der Waals surface area contributed by atoms with Crippen molar-refractivity contribution in [3.63, 3.8) is 0 Å². The van der Waals surface area contributed by atoms with E-state index in [9.17, 15) is 4.39 Å². The smallest absolute Gasteiger partial charge is 0.123 e. The van der Waals surface area contributed by atoms with E-state index in [1.54, 1.807) is 12.1 Å². The summed E-state index contributed by atoms with van der Waals surface area (Å²) in [5, 5.41) is 7.88. The van der Waals surface area contributed by atoms with Crippen LogP contribution in [0.2, 0.25) is 0 Å². The minimum absolute atomic E-state index is 0.168. The second-order valence-electron chi connectivity index (χ2n) is 6.83. The lowest BCUT2D eigenvalue weighted by Crippen LogP contribution is -1.95. The lowest BCUT2D eigenvalue weighted by Gasteiger charge is -2.17. The third-order valence-electron chi connectivity index (χ3n) is 4.31. The molecule has 176 valence electrons. The van der Waals surface area contributed by atoms with Gasteiger partial charge in [0.2, 0.25) is 0 Å². The van der Waals surface area contributed by atoms with Gasteiger partial charge in [0.15, 0.2) is 0 Å². The fraction of sp³-hybridized carbons (Fsp3) is 0.500. The molecule has 0 atom stereocenters. The number of allylic oxidation sites excluding steroid dienone is 2. The maximum absolute atomic E-state index is 13.6. The van der Waals surface area contributed by atoms with Crippen LogP contribution in [0.3, 0.4) is 0 Å². The van der Waals surface area contributed by atoms with Gasteiger partial charge in [-0.25, -0.2) is 4.39 Å². The van der Waals surface area contributed by atoms with Crippen LogP contribution in [0.25, 0.3) is 11.1 Å². The van der Waals surface area contributed by atoms with E-state index in [-0.39, 0.29) is 5.82 Å². The average molecular weight is 449 g/mol. The lowest BCUT2D eigenvalue weighted by atomic mass is 9.88. The molecule has 0 bridgehead atoms. The Morgan fingerprint density at radius 3 is 1.87 bits per heavy atom. The van der Waals surface area contributed by atoms with E-state index in [1.165, 1.54) is 34.8 Å². The first-order valence-electron chi connectivity index (χ1n) is 11.8. The molecule has 31 heavy (non-hydrogen) atoms. The summed E-state index contributed by atoms with van der Waals surface area (Å²) < 4.78 is 13.6. The molecule has 0 aliphatic carbocycles. The highest BCUT2D eigenvalue weighted by molar-refractivity contribution is 7.80. The largest absolute Gasteiger partial charge is 0.396 e. The predicted molar refractivity (Wildman–Crippen MR) is 142 cm³/mol. The van der Waals surface area contributed by atoms with Gasteiger partial charge in [-0.05, 0) is 78.3 Å². The van der Waals surface area contributed by atoms with Gasteiger partial charge in [-0.3, -0.25) is 0 Å². The molecule has 1 N–H and O–H groups in total. The maximum atomic E-state index is 13.6. The monoisotopic (exact) mass is 448 g/mol. The summed E-state index contributed by atoms with van der Waals surface area (Å²) in [6, 6.07) is 15.4. The van der Waals surface area contributed by atoms with Crippen molar-refractivity contribution in [3.8, 4) is 0 Å². The van der Waals surface area contributed by atoms with Crippen LogP contribution in [0.1, 0.15) is 90.3 Å². The zero-order valence-electron chi connectivity index (χ0n) is 20.8. The zero-order chi connectivity index (χ0) is 24.1. The summed E-state index contributed by atoms with van der Waals surface area (Å²) >= 11 is 3.92. The number of aliphatic hydroxyl groups is 1. The van der Waals surface area contributed by atoms with Crippen molar-refractivity contribution < 1.29 is 9.50 Å². The topological polar surface area (TPSA) is 20.2 Å². The van der Waals surface area contributed by atoms with Gasteiger partial charge in [-0.2, -0.15) is 12.6 Å². The molecule has 0 radical (unpaired) electrons. The normalized spacial score (nSPS) is 10.4. The summed E-state index contributed by atoms with van der Waals surface area (Å²) in [4.78, 5) is 0. The van der Waals surface area contributed by atoms with E-state index in [0.717, 1.165) is 37.0 Å². The third-order valence-corrected chi connectivity index (χ3v) is 4.76. The minimum Gasteiger partial charge on any atom is -0.396 e. The Kier molecular flexibility index (Phi) is 22.1. The quantitative estimate of drug-likeness (QED) is 0.320. The van der Waals surface area contributed by atoms with Crippen molar-refractivity contribution in [1.29, 1.82) is 0 Å². The van der Waals surface area contributed by atoms with Crippen molar-refractivity contribution in [3.05, 3.63) is 71.0 Å². The number of aliphatic hydroxyl groups excluding tert-OH is 1. The van der Waals surface area contributed by atoms with Crippen LogP contribution in [0, 0.1) is 12.7 Å². The van der Waals surface area contributed by atoms with Crippen LogP contribution in [0.4, 0.5) is 4.39 Å². The maximum Gasteiger partial charge on any atom is 0.123 e. The van der Waals surface area contributed by atoms with E-state index in [4.69, 9.17) is 5.11 Å². The second kappa shape index (κ2) is 21.6. The number of benzene rings is 2. The molecule has 3 heteroatoms. The molecule has 0 aromatic heterocycles. The number of aryl methyl sites for hydroxylation is 1. The lowest BCUT2D eigenvalue weighted by molar-refractivity contribution is 0.295. The average Bonchev–Trinajstić information content (AvgIpc) is 2.81. The summed E-state index contributed by atoms with van der Waals surface area (Å²) in [5.41, 5.74) is 6.18. The Hall–Kier alpha value is -1.58. The molecule has 0 saturated carbocycles. The van der Waals surface area contributed by atoms with Crippen LogP contribution >= 0.6 is 12.6 Å². The van der Waals surface area contributed by atoms with Gasteiger partial charge >= 0.3 is 0 Å². The molecule has 0 spiro atoms. The molecule has 0 fully saturated rings. The Morgan fingerprint density at radius 2 is 1.45 bits per heavy atom. The first-order chi connectivity index (χ1) is 15.0. The molecular weight excluding hydrogens is 403 g/mol. The van der Waals surface area contributed by atoms with E-state index in [1.807, 2.05) is 26.8 Å². The predicted octanol–water partition coefficient (Wildman–Crippen LogP) is 9.00. The molecule has 0 aliphatic rings. The highest BCUT2D eigenvalue weighted by atomic mass is 32.1. The van der Waals surface area contributed by atoms with Crippen molar-refractivity contribution in [2.75, 3.05) is 12.4 Å².